The van der Waals surface area contributed by atoms with Crippen molar-refractivity contribution in [1.29, 1.82) is 0 Å². The Morgan fingerprint density at radius 1 is 1.42 bits per heavy atom. The Labute approximate surface area is 138 Å². The standard InChI is InChI=1S/C14H19F3O6S/c1-7(2)9-12(3)4-5-13(9,23-10(12)18)11(19)22-6-8(15)14(16,17)24(20)21/h7-9,24H,4-6H2,1-3H3/t8?,9?,12-,13?/m0/s1. The number of hydrogen-bond donors (Lipinski definition) is 1. The number of alkyl halides is 3. The second-order valence-electron chi connectivity index (χ2n) is 6.83. The molecule has 0 aromatic rings. The first kappa shape index (κ1) is 19.0. The molecule has 1 heterocycles. The first-order chi connectivity index (χ1) is 10.9. The number of carbonyl (C=O) groups is 2. The lowest BCUT2D eigenvalue weighted by Crippen LogP contribution is -2.47. The van der Waals surface area contributed by atoms with E-state index in [-0.39, 0.29) is 12.3 Å². The highest BCUT2D eigenvalue weighted by Crippen LogP contribution is 2.60. The fourth-order valence-corrected chi connectivity index (χ4v) is 4.23. The molecule has 2 fully saturated rings. The molecule has 0 aromatic carbocycles. The zero-order chi connectivity index (χ0) is 18.5. The zero-order valence-corrected chi connectivity index (χ0v) is 14.3. The maximum absolute atomic E-state index is 13.4. The lowest BCUT2D eigenvalue weighted by molar-refractivity contribution is -0.184. The van der Waals surface area contributed by atoms with Crippen molar-refractivity contribution in [2.45, 2.75) is 50.6 Å². The van der Waals surface area contributed by atoms with Gasteiger partial charge in [-0.15, -0.1) is 0 Å². The normalized spacial score (nSPS) is 33.8. The van der Waals surface area contributed by atoms with E-state index >= 15 is 0 Å². The number of esters is 2. The van der Waals surface area contributed by atoms with Gasteiger partial charge in [-0.1, -0.05) is 13.8 Å². The van der Waals surface area contributed by atoms with Crippen LogP contribution in [0.3, 0.4) is 0 Å². The molecule has 0 amide bonds. The molecule has 1 saturated carbocycles. The molecule has 138 valence electrons. The fourth-order valence-electron chi connectivity index (χ4n) is 3.93. The Balaban J connectivity index is 2.16. The van der Waals surface area contributed by atoms with Crippen LogP contribution in [0.15, 0.2) is 0 Å². The first-order valence-electron chi connectivity index (χ1n) is 7.46. The van der Waals surface area contributed by atoms with Gasteiger partial charge in [-0.25, -0.2) is 17.6 Å². The van der Waals surface area contributed by atoms with E-state index in [1.54, 1.807) is 20.8 Å². The van der Waals surface area contributed by atoms with E-state index in [4.69, 9.17) is 4.74 Å². The zero-order valence-electron chi connectivity index (χ0n) is 13.4. The third-order valence-corrected chi connectivity index (χ3v) is 5.71. The van der Waals surface area contributed by atoms with Gasteiger partial charge in [-0.2, -0.15) is 8.78 Å². The fraction of sp³-hybridized carbons (Fsp3) is 0.857. The van der Waals surface area contributed by atoms with Gasteiger partial charge in [0.05, 0.1) is 5.41 Å². The maximum Gasteiger partial charge on any atom is 0.376 e. The molecule has 1 aliphatic heterocycles. The minimum atomic E-state index is -4.64. The number of rotatable bonds is 6. The molecule has 2 rings (SSSR count). The van der Waals surface area contributed by atoms with Crippen LogP contribution < -0.4 is 0 Å². The topological polar surface area (TPSA) is 86.7 Å². The summed E-state index contributed by atoms with van der Waals surface area (Å²) in [7, 11) is -4.35. The van der Waals surface area contributed by atoms with E-state index in [0.717, 1.165) is 0 Å². The van der Waals surface area contributed by atoms with Crippen LogP contribution in [0.25, 0.3) is 0 Å². The average Bonchev–Trinajstić information content (AvgIpc) is 2.90. The van der Waals surface area contributed by atoms with E-state index < -0.39 is 57.6 Å². The van der Waals surface area contributed by atoms with Crippen molar-refractivity contribution in [1.82, 2.24) is 0 Å². The van der Waals surface area contributed by atoms with E-state index in [1.807, 2.05) is 0 Å². The van der Waals surface area contributed by atoms with Crippen molar-refractivity contribution in [2.75, 3.05) is 6.61 Å². The Morgan fingerprint density at radius 3 is 2.46 bits per heavy atom. The SMILES string of the molecule is CC(C)C1C2(C(=O)OCC(F)C(F)(F)[SH](=O)=O)CC[C@]1(C)C(=O)O2. The summed E-state index contributed by atoms with van der Waals surface area (Å²) in [5, 5.41) is -4.64. The van der Waals surface area contributed by atoms with Crippen molar-refractivity contribution >= 4 is 22.6 Å². The van der Waals surface area contributed by atoms with Gasteiger partial charge in [-0.3, -0.25) is 4.79 Å². The molecule has 3 unspecified atom stereocenters. The van der Waals surface area contributed by atoms with Crippen LogP contribution in [0.5, 0.6) is 0 Å². The summed E-state index contributed by atoms with van der Waals surface area (Å²) >= 11 is 0. The van der Waals surface area contributed by atoms with Crippen molar-refractivity contribution < 1.29 is 40.7 Å². The lowest BCUT2D eigenvalue weighted by Gasteiger charge is -2.30. The molecule has 24 heavy (non-hydrogen) atoms. The Morgan fingerprint density at radius 2 is 2.00 bits per heavy atom. The summed E-state index contributed by atoms with van der Waals surface area (Å²) < 4.78 is 70.0. The van der Waals surface area contributed by atoms with Gasteiger partial charge in [0.15, 0.2) is 0 Å². The molecule has 1 aliphatic carbocycles. The highest BCUT2D eigenvalue weighted by Gasteiger charge is 2.72. The van der Waals surface area contributed by atoms with Crippen LogP contribution in [0.1, 0.15) is 33.6 Å². The van der Waals surface area contributed by atoms with E-state index in [1.165, 1.54) is 0 Å². The van der Waals surface area contributed by atoms with Gasteiger partial charge < -0.3 is 9.47 Å². The monoisotopic (exact) mass is 372 g/mol. The number of halogens is 3. The van der Waals surface area contributed by atoms with Gasteiger partial charge >= 0.3 is 17.2 Å². The number of ether oxygens (including phenoxy) is 2. The predicted octanol–water partition coefficient (Wildman–Crippen LogP) is 1.44. The van der Waals surface area contributed by atoms with E-state index in [9.17, 15) is 31.2 Å². The van der Waals surface area contributed by atoms with Crippen molar-refractivity contribution in [3.05, 3.63) is 0 Å². The number of fused-ring (bicyclic) bond motifs is 2. The molecule has 4 atom stereocenters. The summed E-state index contributed by atoms with van der Waals surface area (Å²) in [4.78, 5) is 24.4. The van der Waals surface area contributed by atoms with Gasteiger partial charge in [-0.05, 0) is 25.7 Å². The second-order valence-corrected chi connectivity index (χ2v) is 7.94. The van der Waals surface area contributed by atoms with Gasteiger partial charge in [0.2, 0.25) is 22.5 Å². The van der Waals surface area contributed by atoms with Crippen molar-refractivity contribution in [2.24, 2.45) is 17.3 Å². The summed E-state index contributed by atoms with van der Waals surface area (Å²) in [6, 6.07) is 0. The van der Waals surface area contributed by atoms with Crippen LogP contribution in [0.2, 0.25) is 0 Å². The number of hydrogen-bond acceptors (Lipinski definition) is 6. The molecular formula is C14H19F3O6S. The average molecular weight is 372 g/mol. The van der Waals surface area contributed by atoms with Crippen molar-refractivity contribution in [3.63, 3.8) is 0 Å². The second kappa shape index (κ2) is 5.89. The highest BCUT2D eigenvalue weighted by molar-refractivity contribution is 7.73. The molecule has 10 heteroatoms. The quantitative estimate of drug-likeness (QED) is 0.561. The summed E-state index contributed by atoms with van der Waals surface area (Å²) in [5.41, 5.74) is -2.51. The molecule has 0 spiro atoms. The Hall–Kier alpha value is -1.32. The minimum Gasteiger partial charge on any atom is -0.459 e. The number of thiol groups is 1. The molecule has 1 saturated heterocycles. The number of carbonyl (C=O) groups excluding carboxylic acids is 2. The predicted molar refractivity (Wildman–Crippen MR) is 75.6 cm³/mol. The molecule has 0 radical (unpaired) electrons. The molecular weight excluding hydrogens is 353 g/mol. The summed E-state index contributed by atoms with van der Waals surface area (Å²) in [6.07, 6.45) is -2.67. The van der Waals surface area contributed by atoms with Crippen LogP contribution in [-0.4, -0.2) is 44.0 Å². The minimum absolute atomic E-state index is 0.143. The molecule has 6 nitrogen and oxygen atoms in total. The smallest absolute Gasteiger partial charge is 0.376 e. The van der Waals surface area contributed by atoms with Gasteiger partial charge in [0.1, 0.15) is 6.61 Å². The van der Waals surface area contributed by atoms with Crippen molar-refractivity contribution in [3.8, 4) is 0 Å². The Kier molecular flexibility index (Phi) is 4.66. The van der Waals surface area contributed by atoms with E-state index in [2.05, 4.69) is 4.74 Å². The summed E-state index contributed by atoms with van der Waals surface area (Å²) in [5.74, 6) is -2.36. The molecule has 2 aliphatic rings. The van der Waals surface area contributed by atoms with Crippen LogP contribution in [0, 0.1) is 17.3 Å². The maximum atomic E-state index is 13.4. The van der Waals surface area contributed by atoms with Gasteiger partial charge in [0, 0.05) is 5.92 Å². The third-order valence-electron chi connectivity index (χ3n) is 4.94. The van der Waals surface area contributed by atoms with Crippen LogP contribution >= 0.6 is 0 Å². The van der Waals surface area contributed by atoms with Crippen LogP contribution in [-0.2, 0) is 29.8 Å². The largest absolute Gasteiger partial charge is 0.459 e. The van der Waals surface area contributed by atoms with E-state index in [0.29, 0.717) is 6.42 Å². The van der Waals surface area contributed by atoms with Crippen LogP contribution in [0.4, 0.5) is 13.2 Å². The summed E-state index contributed by atoms with van der Waals surface area (Å²) in [6.45, 7) is 3.80. The highest BCUT2D eigenvalue weighted by atomic mass is 32.2. The first-order valence-corrected chi connectivity index (χ1v) is 8.64. The molecule has 0 N–H and O–H groups in total. The Bertz CT molecular complexity index is 626. The molecule has 2 bridgehead atoms. The van der Waals surface area contributed by atoms with Gasteiger partial charge in [0.25, 0.3) is 0 Å². The third kappa shape index (κ3) is 2.58. The molecule has 0 aromatic heterocycles. The lowest BCUT2D eigenvalue weighted by atomic mass is 9.72.